The van der Waals surface area contributed by atoms with Crippen molar-refractivity contribution >= 4 is 71.0 Å². The zero-order valence-corrected chi connectivity index (χ0v) is 65.5. The summed E-state index contributed by atoms with van der Waals surface area (Å²) in [6.07, 6.45) is -2.23. The highest BCUT2D eigenvalue weighted by molar-refractivity contribution is 5.83. The van der Waals surface area contributed by atoms with E-state index in [0.29, 0.717) is 51.1 Å². The van der Waals surface area contributed by atoms with Crippen LogP contribution in [-0.2, 0) is 38.1 Å². The van der Waals surface area contributed by atoms with E-state index in [1.165, 1.54) is 60.7 Å². The van der Waals surface area contributed by atoms with Crippen LogP contribution in [0.5, 0.6) is 23.0 Å². The molecule has 0 aliphatic carbocycles. The van der Waals surface area contributed by atoms with Gasteiger partial charge in [-0.25, -0.2) is 38.4 Å². The third-order valence-electron chi connectivity index (χ3n) is 13.8. The van der Waals surface area contributed by atoms with Crippen molar-refractivity contribution < 1.29 is 130 Å². The van der Waals surface area contributed by atoms with Crippen LogP contribution in [0.3, 0.4) is 0 Å². The predicted octanol–water partition coefficient (Wildman–Crippen LogP) is 10.3. The number of aryl methyl sites for hydroxylation is 4. The van der Waals surface area contributed by atoms with Crippen molar-refractivity contribution in [1.29, 1.82) is 0 Å². The van der Waals surface area contributed by atoms with Crippen LogP contribution in [0, 0.1) is 68.2 Å². The van der Waals surface area contributed by atoms with E-state index >= 15 is 0 Å². The van der Waals surface area contributed by atoms with Gasteiger partial charge in [0.15, 0.2) is 53.0 Å². The standard InChI is InChI=1S/C19H21N3O7.C18H22N4O8.2C17H20N4O8/c1-19(2,3)29-18(25)21-14(17(23)24)11-28-16-8-7-12(10-15(16)22(26)27)13-6-4-5-9-20-13;1-9-6-14(13(22(26)27)7-11(9)15-21-20-10(2)29-15)28-8-12(16(23)24)19-17(25)30-18(3,4)5;1-9-18-14(20-29-9)10-5-6-13(12(7-10)21(25)26)27-8-11(15(22)23)19-16(24)28-17(2,3)4;1-9-18-14(29-20-9)10-5-6-13(12(7-10)21(25)26)27-8-11(15(22)23)19-16(24)28-17(2,3)4/h4-10,14H,11H2,1-3H3,(H,21,25)(H,23,24);6-7,12H,8H2,1-5H3,(H,19,25)(H,23,24);2*5-7,11H,8H2,1-4H3,(H,19,24)(H,22,23)/t14-;12-;2*11-/m0000/s1. The lowest BCUT2D eigenvalue weighted by Gasteiger charge is -2.22. The van der Waals surface area contributed by atoms with Crippen molar-refractivity contribution in [2.45, 2.75) is 157 Å². The van der Waals surface area contributed by atoms with E-state index < -0.39 is 158 Å². The molecule has 4 amide bonds. The van der Waals surface area contributed by atoms with Gasteiger partial charge in [0.2, 0.25) is 23.5 Å². The molecule has 0 bridgehead atoms. The highest BCUT2D eigenvalue weighted by Gasteiger charge is 2.33. The quantitative estimate of drug-likeness (QED) is 0.0128. The average molecular weight is 1640 g/mol. The molecular weight excluding hydrogens is 1560 g/mol. The molecule has 0 aliphatic heterocycles. The number of pyridine rings is 1. The lowest BCUT2D eigenvalue weighted by atomic mass is 10.1. The predicted molar refractivity (Wildman–Crippen MR) is 400 cm³/mol. The highest BCUT2D eigenvalue weighted by Crippen LogP contribution is 2.37. The molecule has 8 aromatic rings. The number of benzene rings is 4. The largest absolute Gasteiger partial charge is 0.484 e. The molecule has 0 aliphatic rings. The number of hydrogen-bond donors (Lipinski definition) is 8. The first kappa shape index (κ1) is 92.8. The molecular formula is C71H83N15O31. The maximum Gasteiger partial charge on any atom is 0.408 e. The number of carboxylic acid groups (broad SMARTS) is 4. The number of ether oxygens (including phenoxy) is 8. The van der Waals surface area contributed by atoms with Crippen LogP contribution in [0.2, 0.25) is 0 Å². The van der Waals surface area contributed by atoms with Crippen molar-refractivity contribution in [3.05, 3.63) is 155 Å². The van der Waals surface area contributed by atoms with Crippen LogP contribution in [-0.4, -0.2) is 197 Å². The molecule has 0 saturated heterocycles. The number of alkyl carbamates (subject to hydrolysis) is 4. The third kappa shape index (κ3) is 31.0. The highest BCUT2D eigenvalue weighted by atomic mass is 16.7. The maximum atomic E-state index is 11.8. The van der Waals surface area contributed by atoms with Gasteiger partial charge < -0.3 is 93.1 Å². The molecule has 0 fully saturated rings. The number of rotatable bonds is 28. The number of nitrogens with zero attached hydrogens (tertiary/aromatic N) is 11. The van der Waals surface area contributed by atoms with Crippen LogP contribution in [0.1, 0.15) is 106 Å². The molecule has 628 valence electrons. The average Bonchev–Trinajstić information content (AvgIpc) is 1.69. The number of aliphatic carboxylic acids is 4. The second-order valence-electron chi connectivity index (χ2n) is 28.2. The van der Waals surface area contributed by atoms with Crippen molar-refractivity contribution in [2.75, 3.05) is 26.4 Å². The van der Waals surface area contributed by atoms with Gasteiger partial charge in [0.1, 0.15) is 48.8 Å². The Morgan fingerprint density at radius 1 is 0.427 bits per heavy atom. The van der Waals surface area contributed by atoms with Gasteiger partial charge >= 0.3 is 71.0 Å². The van der Waals surface area contributed by atoms with Gasteiger partial charge in [-0.1, -0.05) is 16.4 Å². The second-order valence-corrected chi connectivity index (χ2v) is 28.2. The number of carbonyl (C=O) groups excluding carboxylic acids is 4. The summed E-state index contributed by atoms with van der Waals surface area (Å²) in [6.45, 7) is 23.7. The topological polar surface area (TPSA) is 642 Å². The van der Waals surface area contributed by atoms with Gasteiger partial charge in [-0.05, 0) is 157 Å². The van der Waals surface area contributed by atoms with Crippen molar-refractivity contribution in [1.82, 2.24) is 56.7 Å². The molecule has 8 N–H and O–H groups in total. The Morgan fingerprint density at radius 3 is 1.12 bits per heavy atom. The summed E-state index contributed by atoms with van der Waals surface area (Å²) in [6, 6.07) is 13.8. The number of carboxylic acids is 4. The van der Waals surface area contributed by atoms with E-state index in [1.54, 1.807) is 141 Å². The summed E-state index contributed by atoms with van der Waals surface area (Å²) in [5.41, 5.74) is -2.37. The first-order valence-corrected chi connectivity index (χ1v) is 34.2. The minimum Gasteiger partial charge on any atom is -0.484 e. The molecule has 117 heavy (non-hydrogen) atoms. The van der Waals surface area contributed by atoms with E-state index in [-0.39, 0.29) is 46.3 Å². The van der Waals surface area contributed by atoms with E-state index in [4.69, 9.17) is 51.4 Å². The van der Waals surface area contributed by atoms with Crippen molar-refractivity contribution in [3.63, 3.8) is 0 Å². The van der Waals surface area contributed by atoms with Crippen molar-refractivity contribution in [2.24, 2.45) is 0 Å². The summed E-state index contributed by atoms with van der Waals surface area (Å²) in [7, 11) is 0. The Labute approximate surface area is 662 Å². The van der Waals surface area contributed by atoms with Crippen LogP contribution < -0.4 is 40.2 Å². The van der Waals surface area contributed by atoms with Gasteiger partial charge in [0.05, 0.1) is 25.4 Å². The number of carbonyl (C=O) groups is 8. The second kappa shape index (κ2) is 40.6. The molecule has 46 nitrogen and oxygen atoms in total. The fourth-order valence-corrected chi connectivity index (χ4v) is 8.90. The number of hydrogen-bond acceptors (Lipinski definition) is 34. The number of nitrogens with one attached hydrogen (secondary N) is 4. The van der Waals surface area contributed by atoms with Crippen LogP contribution in [0.25, 0.3) is 45.6 Å². The molecule has 0 spiro atoms. The molecule has 0 unspecified atom stereocenters. The summed E-state index contributed by atoms with van der Waals surface area (Å²) in [4.78, 5) is 148. The van der Waals surface area contributed by atoms with Gasteiger partial charge in [-0.2, -0.15) is 9.97 Å². The molecule has 0 saturated carbocycles. The maximum absolute atomic E-state index is 11.8. The fourth-order valence-electron chi connectivity index (χ4n) is 8.90. The number of nitro groups is 4. The molecule has 46 heteroatoms. The zero-order chi connectivity index (χ0) is 87.8. The van der Waals surface area contributed by atoms with Gasteiger partial charge in [-0.15, -0.1) is 10.2 Å². The first-order chi connectivity index (χ1) is 54.3. The Morgan fingerprint density at radius 2 is 0.795 bits per heavy atom. The minimum atomic E-state index is -1.49. The molecule has 0 radical (unpaired) electrons. The molecule has 8 rings (SSSR count). The number of nitro benzene ring substituents is 4. The summed E-state index contributed by atoms with van der Waals surface area (Å²) >= 11 is 0. The fraction of sp³-hybridized carbons (Fsp3) is 0.394. The summed E-state index contributed by atoms with van der Waals surface area (Å²) in [5.74, 6) is -4.92. The lowest BCUT2D eigenvalue weighted by Crippen LogP contribution is -2.46. The van der Waals surface area contributed by atoms with E-state index in [2.05, 4.69) is 56.7 Å². The van der Waals surface area contributed by atoms with Crippen LogP contribution >= 0.6 is 0 Å². The van der Waals surface area contributed by atoms with E-state index in [1.807, 2.05) is 0 Å². The van der Waals surface area contributed by atoms with E-state index in [9.17, 15) is 99.2 Å². The Bertz CT molecular complexity index is 4750. The van der Waals surface area contributed by atoms with Crippen molar-refractivity contribution in [3.8, 4) is 68.6 Å². The van der Waals surface area contributed by atoms with Crippen LogP contribution in [0.15, 0.2) is 105 Å². The number of aromatic nitrogens is 7. The Kier molecular flexibility index (Phi) is 32.2. The van der Waals surface area contributed by atoms with E-state index in [0.717, 1.165) is 0 Å². The lowest BCUT2D eigenvalue weighted by molar-refractivity contribution is -0.386. The zero-order valence-electron chi connectivity index (χ0n) is 65.5. The number of amides is 4. The minimum absolute atomic E-state index is 0.0900. The molecule has 4 heterocycles. The summed E-state index contributed by atoms with van der Waals surface area (Å²) in [5, 5.41) is 106. The Hall–Kier alpha value is -14.8. The first-order valence-electron chi connectivity index (χ1n) is 34.2. The Balaban J connectivity index is 0.000000278. The smallest absolute Gasteiger partial charge is 0.408 e. The SMILES string of the molecule is CC(C)(C)OC(=O)N[C@@H](COc1ccc(-c2ccccn2)cc1[N+](=O)[O-])C(=O)O.Cc1nc(-c2ccc(OC[C@H](NC(=O)OC(C)(C)C)C(=O)O)c([N+](=O)[O-])c2)no1.Cc1nnc(-c2cc([N+](=O)[O-])c(OC[C@H](NC(=O)OC(C)(C)C)C(=O)O)cc2C)o1.Cc1noc(-c2ccc(OC[C@H](NC(=O)OC(C)(C)C)C(=O)O)c([N+](=O)[O-])c2)n1. The third-order valence-corrected chi connectivity index (χ3v) is 13.8. The monoisotopic (exact) mass is 1640 g/mol. The van der Waals surface area contributed by atoms with Gasteiger partial charge in [0.25, 0.3) is 5.89 Å². The summed E-state index contributed by atoms with van der Waals surface area (Å²) < 4.78 is 56.4. The normalized spacial score (nSPS) is 12.1. The van der Waals surface area contributed by atoms with Crippen LogP contribution in [0.4, 0.5) is 41.9 Å². The molecule has 4 aromatic carbocycles. The van der Waals surface area contributed by atoms with Gasteiger partial charge in [0, 0.05) is 66.6 Å². The van der Waals surface area contributed by atoms with Gasteiger partial charge in [-0.3, -0.25) is 45.4 Å². The molecule has 4 aromatic heterocycles. The molecule has 4 atom stereocenters.